The molecule has 1 saturated heterocycles. The second-order valence-electron chi connectivity index (χ2n) is 12.0. The fourth-order valence-corrected chi connectivity index (χ4v) is 5.03. The van der Waals surface area contributed by atoms with Crippen molar-refractivity contribution in [1.82, 2.24) is 26.1 Å². The van der Waals surface area contributed by atoms with Crippen molar-refractivity contribution in [3.63, 3.8) is 0 Å². The highest BCUT2D eigenvalue weighted by atomic mass is 16.5. The van der Waals surface area contributed by atoms with E-state index in [1.165, 1.54) is 5.01 Å². The first-order valence-electron chi connectivity index (χ1n) is 14.3. The number of carbonyl (C=O) groups excluding carboxylic acids is 4. The number of hydrogen-bond acceptors (Lipinski definition) is 7. The summed E-state index contributed by atoms with van der Waals surface area (Å²) in [6.45, 7) is 13.0. The number of ether oxygens (including phenoxy) is 1. The summed E-state index contributed by atoms with van der Waals surface area (Å²) in [5.74, 6) is -1.84. The predicted octanol–water partition coefficient (Wildman–Crippen LogP) is 3.34. The molecule has 4 atom stereocenters. The van der Waals surface area contributed by atoms with Crippen LogP contribution in [0.2, 0.25) is 0 Å². The largest absolute Gasteiger partial charge is 0.455 e. The minimum absolute atomic E-state index is 0.221. The van der Waals surface area contributed by atoms with Crippen LogP contribution >= 0.6 is 0 Å². The summed E-state index contributed by atoms with van der Waals surface area (Å²) in [6.07, 6.45) is 4.15. The highest BCUT2D eigenvalue weighted by Gasteiger charge is 2.35. The van der Waals surface area contributed by atoms with Gasteiger partial charge in [-0.05, 0) is 76.6 Å². The third-order valence-corrected chi connectivity index (χ3v) is 7.75. The van der Waals surface area contributed by atoms with Gasteiger partial charge < -0.3 is 15.4 Å². The molecule has 2 aliphatic rings. The van der Waals surface area contributed by atoms with E-state index in [0.29, 0.717) is 25.1 Å². The van der Waals surface area contributed by atoms with Gasteiger partial charge in [0.05, 0.1) is 16.6 Å². The fourth-order valence-electron chi connectivity index (χ4n) is 5.03. The minimum Gasteiger partial charge on any atom is -0.455 e. The number of rotatable bonds is 1. The first-order valence-corrected chi connectivity index (χ1v) is 14.3. The van der Waals surface area contributed by atoms with Crippen LogP contribution in [0.3, 0.4) is 0 Å². The molecule has 3 amide bonds. The summed E-state index contributed by atoms with van der Waals surface area (Å²) >= 11 is 0. The van der Waals surface area contributed by atoms with Crippen molar-refractivity contribution >= 4 is 40.7 Å². The SMILES string of the molecule is Cc1cc2nc3cc(ccc13)/C=C/C(C)(C)C(=O)NC(C(C)C)C(=O)N[C@@H](C)C(=O)N1CCC[C@H](N1)C(=O)O[C@@H]2C. The molecule has 2 aromatic rings. The number of esters is 1. The molecule has 10 nitrogen and oxygen atoms in total. The van der Waals surface area contributed by atoms with Crippen LogP contribution < -0.4 is 16.1 Å². The Kier molecular flexibility index (Phi) is 8.82. The summed E-state index contributed by atoms with van der Waals surface area (Å²) in [5, 5.41) is 7.97. The summed E-state index contributed by atoms with van der Waals surface area (Å²) in [6, 6.07) is 5.36. The Morgan fingerprint density at radius 3 is 2.51 bits per heavy atom. The Morgan fingerprint density at radius 1 is 1.07 bits per heavy atom. The molecule has 1 fully saturated rings. The molecule has 0 radical (unpaired) electrons. The molecule has 1 aromatic heterocycles. The number of pyridine rings is 1. The van der Waals surface area contributed by atoms with Gasteiger partial charge in [-0.2, -0.15) is 0 Å². The molecule has 41 heavy (non-hydrogen) atoms. The van der Waals surface area contributed by atoms with E-state index < -0.39 is 41.5 Å². The van der Waals surface area contributed by atoms with Crippen molar-refractivity contribution in [2.24, 2.45) is 11.3 Å². The second kappa shape index (κ2) is 12.0. The fraction of sp³-hybridized carbons (Fsp3) is 0.516. The quantitative estimate of drug-likeness (QED) is 0.454. The molecular formula is C31H41N5O5. The van der Waals surface area contributed by atoms with Crippen LogP contribution in [0.25, 0.3) is 17.0 Å². The lowest BCUT2D eigenvalue weighted by molar-refractivity contribution is -0.157. The van der Waals surface area contributed by atoms with E-state index in [-0.39, 0.29) is 17.7 Å². The maximum atomic E-state index is 13.3. The average Bonchev–Trinajstić information content (AvgIpc) is 2.93. The van der Waals surface area contributed by atoms with Crippen LogP contribution in [0.4, 0.5) is 0 Å². The van der Waals surface area contributed by atoms with E-state index in [4.69, 9.17) is 9.72 Å². The van der Waals surface area contributed by atoms with Gasteiger partial charge in [-0.3, -0.25) is 24.2 Å². The van der Waals surface area contributed by atoms with Gasteiger partial charge in [0.1, 0.15) is 24.2 Å². The van der Waals surface area contributed by atoms with Gasteiger partial charge in [0.25, 0.3) is 5.91 Å². The highest BCUT2D eigenvalue weighted by Crippen LogP contribution is 2.26. The molecule has 2 aliphatic heterocycles. The van der Waals surface area contributed by atoms with Gasteiger partial charge in [-0.1, -0.05) is 38.1 Å². The molecule has 3 heterocycles. The average molecular weight is 564 g/mol. The van der Waals surface area contributed by atoms with E-state index in [0.717, 1.165) is 22.0 Å². The predicted molar refractivity (Wildman–Crippen MR) is 156 cm³/mol. The first-order chi connectivity index (χ1) is 19.3. The van der Waals surface area contributed by atoms with Crippen molar-refractivity contribution in [1.29, 1.82) is 0 Å². The maximum Gasteiger partial charge on any atom is 0.325 e. The number of nitrogens with zero attached hydrogens (tertiary/aromatic N) is 2. The summed E-state index contributed by atoms with van der Waals surface area (Å²) < 4.78 is 5.80. The Balaban J connectivity index is 1.73. The molecular weight excluding hydrogens is 522 g/mol. The number of hydrazine groups is 1. The topological polar surface area (TPSA) is 130 Å². The Labute approximate surface area is 241 Å². The molecule has 5 bridgehead atoms. The van der Waals surface area contributed by atoms with Gasteiger partial charge in [0.15, 0.2) is 0 Å². The molecule has 10 heteroatoms. The maximum absolute atomic E-state index is 13.3. The number of aromatic nitrogens is 1. The molecule has 4 rings (SSSR count). The van der Waals surface area contributed by atoms with E-state index in [1.807, 2.05) is 51.1 Å². The van der Waals surface area contributed by atoms with Crippen LogP contribution in [0.15, 0.2) is 30.3 Å². The van der Waals surface area contributed by atoms with Crippen molar-refractivity contribution in [3.8, 4) is 0 Å². The molecule has 1 aromatic carbocycles. The van der Waals surface area contributed by atoms with Crippen LogP contribution in [0.1, 0.15) is 77.3 Å². The number of carbonyl (C=O) groups is 4. The van der Waals surface area contributed by atoms with Gasteiger partial charge in [-0.25, -0.2) is 10.4 Å². The molecule has 1 unspecified atom stereocenters. The van der Waals surface area contributed by atoms with E-state index in [2.05, 4.69) is 16.1 Å². The molecule has 0 aliphatic carbocycles. The number of cyclic esters (lactones) is 1. The number of aryl methyl sites for hydroxylation is 1. The summed E-state index contributed by atoms with van der Waals surface area (Å²) in [7, 11) is 0. The van der Waals surface area contributed by atoms with Crippen molar-refractivity contribution < 1.29 is 23.9 Å². The normalized spacial score (nSPS) is 26.9. The number of fused-ring (bicyclic) bond motifs is 4. The zero-order valence-corrected chi connectivity index (χ0v) is 24.9. The number of benzene rings is 1. The second-order valence-corrected chi connectivity index (χ2v) is 12.0. The monoisotopic (exact) mass is 563 g/mol. The van der Waals surface area contributed by atoms with Gasteiger partial charge in [0, 0.05) is 11.9 Å². The highest BCUT2D eigenvalue weighted by molar-refractivity contribution is 5.94. The Morgan fingerprint density at radius 2 is 1.80 bits per heavy atom. The molecule has 3 N–H and O–H groups in total. The van der Waals surface area contributed by atoms with Crippen molar-refractivity contribution in [2.75, 3.05) is 6.54 Å². The molecule has 220 valence electrons. The lowest BCUT2D eigenvalue weighted by atomic mass is 9.89. The zero-order valence-electron chi connectivity index (χ0n) is 24.9. The van der Waals surface area contributed by atoms with Crippen LogP contribution in [-0.2, 0) is 23.9 Å². The Bertz CT molecular complexity index is 1380. The smallest absolute Gasteiger partial charge is 0.325 e. The van der Waals surface area contributed by atoms with E-state index in [9.17, 15) is 19.2 Å². The number of nitrogens with one attached hydrogen (secondary N) is 3. The van der Waals surface area contributed by atoms with Gasteiger partial charge in [0.2, 0.25) is 11.8 Å². The van der Waals surface area contributed by atoms with Crippen LogP contribution in [0, 0.1) is 18.3 Å². The zero-order chi connectivity index (χ0) is 30.1. The summed E-state index contributed by atoms with van der Waals surface area (Å²) in [5.41, 5.74) is 5.28. The van der Waals surface area contributed by atoms with Crippen LogP contribution in [-0.4, -0.2) is 58.4 Å². The van der Waals surface area contributed by atoms with E-state index >= 15 is 0 Å². The lowest BCUT2D eigenvalue weighted by Crippen LogP contribution is -2.61. The lowest BCUT2D eigenvalue weighted by Gasteiger charge is -2.35. The van der Waals surface area contributed by atoms with Gasteiger partial charge in [-0.15, -0.1) is 0 Å². The number of amides is 3. The number of hydrogen-bond donors (Lipinski definition) is 3. The summed E-state index contributed by atoms with van der Waals surface area (Å²) in [4.78, 5) is 57.7. The van der Waals surface area contributed by atoms with Gasteiger partial charge >= 0.3 is 5.97 Å². The third-order valence-electron chi connectivity index (χ3n) is 7.75. The van der Waals surface area contributed by atoms with Crippen LogP contribution in [0.5, 0.6) is 0 Å². The van der Waals surface area contributed by atoms with Crippen molar-refractivity contribution in [3.05, 3.63) is 47.2 Å². The molecule has 0 saturated carbocycles. The third kappa shape index (κ3) is 6.75. The minimum atomic E-state index is -0.927. The standard InChI is InChI=1S/C31H41N5O5/c1-17(2)26-27(37)32-19(4)28(38)36-14-8-9-23(35-36)29(39)41-20(5)24-15-18(3)22-11-10-21(16-25(22)33-24)12-13-31(6,7)30(40)34-26/h10-13,15-17,19-20,23,26,35H,8-9,14H2,1-7H3,(H,32,37)(H,34,40)/b13-12+/t19-,20+,23-,26?/m0/s1. The first kappa shape index (κ1) is 30.2. The molecule has 0 spiro atoms. The van der Waals surface area contributed by atoms with Crippen molar-refractivity contribution in [2.45, 2.75) is 85.5 Å². The van der Waals surface area contributed by atoms with E-state index in [1.54, 1.807) is 33.8 Å². The Hall–Kier alpha value is -3.79.